The Balaban J connectivity index is 2.29. The smallest absolute Gasteiger partial charge is 0.230 e. The third-order valence-corrected chi connectivity index (χ3v) is 2.74. The summed E-state index contributed by atoms with van der Waals surface area (Å²) >= 11 is 1.35. The lowest BCUT2D eigenvalue weighted by molar-refractivity contribution is -0.118. The average molecular weight is 236 g/mol. The van der Waals surface area contributed by atoms with Crippen LogP contribution in [0.25, 0.3) is 0 Å². The molecule has 0 aromatic heterocycles. The van der Waals surface area contributed by atoms with Crippen molar-refractivity contribution in [3.05, 3.63) is 24.3 Å². The van der Waals surface area contributed by atoms with Crippen LogP contribution < -0.4 is 5.32 Å². The zero-order valence-electron chi connectivity index (χ0n) is 8.64. The highest BCUT2D eigenvalue weighted by molar-refractivity contribution is 8.00. The molecule has 0 unspecified atom stereocenters. The van der Waals surface area contributed by atoms with Gasteiger partial charge in [0.1, 0.15) is 5.75 Å². The van der Waals surface area contributed by atoms with Gasteiger partial charge in [0.05, 0.1) is 18.2 Å². The molecule has 1 rings (SSSR count). The number of amides is 1. The number of thioether (sulfide) groups is 1. The van der Waals surface area contributed by atoms with Gasteiger partial charge >= 0.3 is 0 Å². The highest BCUT2D eigenvalue weighted by Crippen LogP contribution is 2.21. The molecule has 0 aliphatic carbocycles. The van der Waals surface area contributed by atoms with E-state index in [1.807, 2.05) is 12.1 Å². The molecular formula is C11H12N2O2S. The fourth-order valence-electron chi connectivity index (χ4n) is 1.03. The fraction of sp³-hybridized carbons (Fsp3) is 0.273. The number of nitrogens with one attached hydrogen (secondary N) is 1. The first-order valence-corrected chi connectivity index (χ1v) is 5.76. The van der Waals surface area contributed by atoms with Gasteiger partial charge in [-0.2, -0.15) is 5.26 Å². The Morgan fingerprint density at radius 2 is 2.38 bits per heavy atom. The van der Waals surface area contributed by atoms with Gasteiger partial charge in [0.2, 0.25) is 5.91 Å². The molecular weight excluding hydrogens is 224 g/mol. The van der Waals surface area contributed by atoms with Gasteiger partial charge in [-0.25, -0.2) is 0 Å². The second-order valence-electron chi connectivity index (χ2n) is 3.04. The molecule has 0 saturated carbocycles. The molecule has 0 radical (unpaired) electrons. The predicted octanol–water partition coefficient (Wildman–Crippen LogP) is 1.51. The second kappa shape index (κ2) is 6.75. The molecule has 1 amide bonds. The lowest BCUT2D eigenvalue weighted by Gasteiger charge is -2.03. The lowest BCUT2D eigenvalue weighted by atomic mass is 10.3. The van der Waals surface area contributed by atoms with Crippen LogP contribution in [0.2, 0.25) is 0 Å². The highest BCUT2D eigenvalue weighted by Gasteiger charge is 2.02. The molecule has 5 heteroatoms. The quantitative estimate of drug-likeness (QED) is 0.600. The Morgan fingerprint density at radius 3 is 3.06 bits per heavy atom. The molecule has 84 valence electrons. The summed E-state index contributed by atoms with van der Waals surface area (Å²) in [5.74, 6) is 0.369. The van der Waals surface area contributed by atoms with Crippen molar-refractivity contribution in [2.75, 3.05) is 12.3 Å². The van der Waals surface area contributed by atoms with Crippen molar-refractivity contribution in [3.8, 4) is 11.8 Å². The van der Waals surface area contributed by atoms with Crippen molar-refractivity contribution >= 4 is 17.7 Å². The van der Waals surface area contributed by atoms with Gasteiger partial charge in [-0.1, -0.05) is 6.07 Å². The van der Waals surface area contributed by atoms with Crippen molar-refractivity contribution in [2.45, 2.75) is 11.3 Å². The minimum absolute atomic E-state index is 0.108. The summed E-state index contributed by atoms with van der Waals surface area (Å²) in [5, 5.41) is 20.1. The maximum absolute atomic E-state index is 11.3. The van der Waals surface area contributed by atoms with Gasteiger partial charge in [-0.05, 0) is 18.2 Å². The molecule has 0 fully saturated rings. The largest absolute Gasteiger partial charge is 0.508 e. The molecule has 0 bridgehead atoms. The third-order valence-electron chi connectivity index (χ3n) is 1.75. The molecule has 1 aromatic rings. The molecule has 0 saturated heterocycles. The van der Waals surface area contributed by atoms with Gasteiger partial charge in [-0.15, -0.1) is 11.8 Å². The third kappa shape index (κ3) is 4.71. The van der Waals surface area contributed by atoms with E-state index in [0.29, 0.717) is 13.0 Å². The van der Waals surface area contributed by atoms with Crippen LogP contribution >= 0.6 is 11.8 Å². The molecule has 0 aliphatic rings. The highest BCUT2D eigenvalue weighted by atomic mass is 32.2. The number of carbonyl (C=O) groups excluding carboxylic acids is 1. The number of aromatic hydroxyl groups is 1. The minimum Gasteiger partial charge on any atom is -0.508 e. The van der Waals surface area contributed by atoms with Crippen molar-refractivity contribution in [3.63, 3.8) is 0 Å². The molecule has 0 atom stereocenters. The number of nitriles is 1. The predicted molar refractivity (Wildman–Crippen MR) is 62.1 cm³/mol. The Hall–Kier alpha value is -1.67. The van der Waals surface area contributed by atoms with E-state index in [1.165, 1.54) is 11.8 Å². The molecule has 1 aromatic carbocycles. The Morgan fingerprint density at radius 1 is 1.56 bits per heavy atom. The van der Waals surface area contributed by atoms with Crippen LogP contribution in [-0.2, 0) is 4.79 Å². The lowest BCUT2D eigenvalue weighted by Crippen LogP contribution is -2.25. The topological polar surface area (TPSA) is 73.1 Å². The summed E-state index contributed by atoms with van der Waals surface area (Å²) in [6, 6.07) is 8.69. The van der Waals surface area contributed by atoms with E-state index in [0.717, 1.165) is 4.90 Å². The number of carbonyl (C=O) groups is 1. The van der Waals surface area contributed by atoms with E-state index >= 15 is 0 Å². The number of benzene rings is 1. The second-order valence-corrected chi connectivity index (χ2v) is 4.09. The molecule has 0 spiro atoms. The summed E-state index contributed by atoms with van der Waals surface area (Å²) in [5.41, 5.74) is 0. The monoisotopic (exact) mass is 236 g/mol. The van der Waals surface area contributed by atoms with Crippen LogP contribution in [0, 0.1) is 11.3 Å². The maximum Gasteiger partial charge on any atom is 0.230 e. The zero-order valence-corrected chi connectivity index (χ0v) is 9.46. The standard InChI is InChI=1S/C11H12N2O2S/c12-5-2-6-13-11(15)8-16-10-4-1-3-9(14)7-10/h1,3-4,7,14H,2,6,8H2,(H,13,15). The van der Waals surface area contributed by atoms with E-state index < -0.39 is 0 Å². The number of hydrogen-bond acceptors (Lipinski definition) is 4. The number of phenolic OH excluding ortho intramolecular Hbond substituents is 1. The van der Waals surface area contributed by atoms with Gasteiger partial charge in [0.25, 0.3) is 0 Å². The van der Waals surface area contributed by atoms with Crippen molar-refractivity contribution in [1.29, 1.82) is 5.26 Å². The molecule has 16 heavy (non-hydrogen) atoms. The maximum atomic E-state index is 11.3. The number of hydrogen-bond donors (Lipinski definition) is 2. The van der Waals surface area contributed by atoms with Gasteiger partial charge in [-0.3, -0.25) is 4.79 Å². The summed E-state index contributed by atoms with van der Waals surface area (Å²) in [6.45, 7) is 0.385. The van der Waals surface area contributed by atoms with Crippen LogP contribution in [0.15, 0.2) is 29.2 Å². The fourth-order valence-corrected chi connectivity index (χ4v) is 1.81. The summed E-state index contributed by atoms with van der Waals surface area (Å²) in [6.07, 6.45) is 0.322. The summed E-state index contributed by atoms with van der Waals surface area (Å²) < 4.78 is 0. The van der Waals surface area contributed by atoms with Crippen molar-refractivity contribution in [1.82, 2.24) is 5.32 Å². The van der Waals surface area contributed by atoms with Gasteiger partial charge < -0.3 is 10.4 Å². The summed E-state index contributed by atoms with van der Waals surface area (Å²) in [7, 11) is 0. The van der Waals surface area contributed by atoms with Gasteiger partial charge in [0.15, 0.2) is 0 Å². The Kier molecular flexibility index (Phi) is 5.23. The van der Waals surface area contributed by atoms with Gasteiger partial charge in [0, 0.05) is 11.4 Å². The Labute approximate surface area is 98.3 Å². The van der Waals surface area contributed by atoms with Crippen LogP contribution in [-0.4, -0.2) is 23.3 Å². The van der Waals surface area contributed by atoms with Crippen LogP contribution in [0.4, 0.5) is 0 Å². The molecule has 0 aliphatic heterocycles. The average Bonchev–Trinajstić information content (AvgIpc) is 2.27. The van der Waals surface area contributed by atoms with E-state index in [9.17, 15) is 9.90 Å². The number of phenols is 1. The summed E-state index contributed by atoms with van der Waals surface area (Å²) in [4.78, 5) is 12.1. The van der Waals surface area contributed by atoms with E-state index in [2.05, 4.69) is 5.32 Å². The number of nitrogens with zero attached hydrogens (tertiary/aromatic N) is 1. The first-order valence-electron chi connectivity index (χ1n) is 4.78. The van der Waals surface area contributed by atoms with Crippen LogP contribution in [0.5, 0.6) is 5.75 Å². The van der Waals surface area contributed by atoms with Crippen molar-refractivity contribution < 1.29 is 9.90 Å². The number of rotatable bonds is 5. The van der Waals surface area contributed by atoms with E-state index in [-0.39, 0.29) is 17.4 Å². The van der Waals surface area contributed by atoms with Crippen LogP contribution in [0.3, 0.4) is 0 Å². The van der Waals surface area contributed by atoms with Crippen LogP contribution in [0.1, 0.15) is 6.42 Å². The normalized spacial score (nSPS) is 9.44. The Bertz CT molecular complexity index is 401. The minimum atomic E-state index is -0.108. The van der Waals surface area contributed by atoms with Crippen molar-refractivity contribution in [2.24, 2.45) is 0 Å². The molecule has 2 N–H and O–H groups in total. The molecule has 4 nitrogen and oxygen atoms in total. The first kappa shape index (κ1) is 12.4. The SMILES string of the molecule is N#CCCNC(=O)CSc1cccc(O)c1. The van der Waals surface area contributed by atoms with E-state index in [4.69, 9.17) is 5.26 Å². The van der Waals surface area contributed by atoms with E-state index in [1.54, 1.807) is 18.2 Å². The molecule has 0 heterocycles. The zero-order chi connectivity index (χ0) is 11.8. The first-order chi connectivity index (χ1) is 7.72.